The van der Waals surface area contributed by atoms with E-state index in [1.165, 1.54) is 11.9 Å². The van der Waals surface area contributed by atoms with E-state index in [2.05, 4.69) is 9.97 Å². The number of phenolic OH excluding ortho intramolecular Hbond substituents is 1. The fourth-order valence-corrected chi connectivity index (χ4v) is 2.15. The van der Waals surface area contributed by atoms with Crippen LogP contribution in [0.5, 0.6) is 5.75 Å². The Hall–Kier alpha value is -2.88. The second-order valence-corrected chi connectivity index (χ2v) is 4.91. The van der Waals surface area contributed by atoms with E-state index in [0.717, 1.165) is 11.1 Å². The van der Waals surface area contributed by atoms with Crippen LogP contribution in [-0.2, 0) is 0 Å². The second-order valence-electron chi connectivity index (χ2n) is 4.91. The van der Waals surface area contributed by atoms with Gasteiger partial charge in [-0.25, -0.2) is 4.98 Å². The summed E-state index contributed by atoms with van der Waals surface area (Å²) in [4.78, 5) is 18.3. The molecule has 0 spiro atoms. The van der Waals surface area contributed by atoms with Crippen molar-refractivity contribution in [1.29, 1.82) is 0 Å². The van der Waals surface area contributed by atoms with Crippen LogP contribution in [0.1, 0.15) is 16.7 Å². The number of nitrogens with one attached hydrogen (secondary N) is 1. The molecule has 1 aromatic heterocycles. The van der Waals surface area contributed by atoms with E-state index < -0.39 is 0 Å². The van der Waals surface area contributed by atoms with Crippen molar-refractivity contribution in [2.24, 2.45) is 0 Å². The Morgan fingerprint density at radius 1 is 1.10 bits per heavy atom. The highest BCUT2D eigenvalue weighted by atomic mass is 16.3. The number of phenols is 1. The molecule has 0 aliphatic carbocycles. The van der Waals surface area contributed by atoms with Crippen LogP contribution in [0.15, 0.2) is 47.5 Å². The summed E-state index contributed by atoms with van der Waals surface area (Å²) in [6.45, 7) is 2.04. The molecule has 0 aliphatic heterocycles. The van der Waals surface area contributed by atoms with Crippen LogP contribution in [-0.4, -0.2) is 15.1 Å². The van der Waals surface area contributed by atoms with Gasteiger partial charge in [0, 0.05) is 0 Å². The van der Waals surface area contributed by atoms with Crippen LogP contribution in [0.2, 0.25) is 0 Å². The smallest absolute Gasteiger partial charge is 0.258 e. The first-order valence-electron chi connectivity index (χ1n) is 6.58. The zero-order valence-corrected chi connectivity index (χ0v) is 11.5. The number of rotatable bonds is 2. The van der Waals surface area contributed by atoms with Gasteiger partial charge < -0.3 is 10.1 Å². The molecule has 0 radical (unpaired) electrons. The Labute approximate surface area is 121 Å². The minimum atomic E-state index is -0.263. The van der Waals surface area contributed by atoms with E-state index in [1.54, 1.807) is 12.1 Å². The maximum absolute atomic E-state index is 11.8. The summed E-state index contributed by atoms with van der Waals surface area (Å²) in [6.07, 6.45) is 5.08. The van der Waals surface area contributed by atoms with Crippen LogP contribution in [0.4, 0.5) is 0 Å². The van der Waals surface area contributed by atoms with E-state index >= 15 is 0 Å². The number of aromatic nitrogens is 2. The summed E-state index contributed by atoms with van der Waals surface area (Å²) in [5.74, 6) is 0.00200. The first-order valence-corrected chi connectivity index (χ1v) is 6.58. The molecule has 0 fully saturated rings. The van der Waals surface area contributed by atoms with Crippen molar-refractivity contribution in [3.63, 3.8) is 0 Å². The molecular formula is C17H14N2O2. The number of hydrogen-bond acceptors (Lipinski definition) is 3. The van der Waals surface area contributed by atoms with Gasteiger partial charge >= 0.3 is 0 Å². The molecule has 4 heteroatoms. The Morgan fingerprint density at radius 2 is 1.81 bits per heavy atom. The third-order valence-electron chi connectivity index (χ3n) is 3.29. The molecule has 0 saturated carbocycles. The number of aromatic hydroxyl groups is 1. The molecule has 0 amide bonds. The average molecular weight is 278 g/mol. The lowest BCUT2D eigenvalue weighted by atomic mass is 10.1. The van der Waals surface area contributed by atoms with Gasteiger partial charge in [-0.15, -0.1) is 0 Å². The second kappa shape index (κ2) is 5.25. The SMILES string of the molecule is Cc1ccc(C=Cc2cc(O)c3nc[nH]c(=O)c3c2)cc1. The van der Waals surface area contributed by atoms with E-state index in [0.29, 0.717) is 10.9 Å². The maximum Gasteiger partial charge on any atom is 0.258 e. The van der Waals surface area contributed by atoms with Gasteiger partial charge in [0.05, 0.1) is 11.7 Å². The van der Waals surface area contributed by atoms with Crippen molar-refractivity contribution in [1.82, 2.24) is 9.97 Å². The summed E-state index contributed by atoms with van der Waals surface area (Å²) in [7, 11) is 0. The quantitative estimate of drug-likeness (QED) is 0.708. The van der Waals surface area contributed by atoms with Crippen LogP contribution in [0.3, 0.4) is 0 Å². The lowest BCUT2D eigenvalue weighted by molar-refractivity contribution is 0.480. The zero-order valence-electron chi connectivity index (χ0n) is 11.5. The molecule has 1 heterocycles. The molecule has 0 bridgehead atoms. The Kier molecular flexibility index (Phi) is 3.28. The monoisotopic (exact) mass is 278 g/mol. The number of nitrogens with zero attached hydrogens (tertiary/aromatic N) is 1. The zero-order chi connectivity index (χ0) is 14.8. The van der Waals surface area contributed by atoms with Gasteiger partial charge in [-0.2, -0.15) is 0 Å². The van der Waals surface area contributed by atoms with Gasteiger partial charge in [0.15, 0.2) is 0 Å². The minimum absolute atomic E-state index is 0.00200. The standard InChI is InChI=1S/C17H14N2O2/c1-11-2-4-12(5-3-11)6-7-13-8-14-16(15(20)9-13)18-10-19-17(14)21/h2-10,20H,1H3,(H,18,19,21). The Morgan fingerprint density at radius 3 is 2.57 bits per heavy atom. The van der Waals surface area contributed by atoms with E-state index in [1.807, 2.05) is 43.3 Å². The summed E-state index contributed by atoms with van der Waals surface area (Å²) < 4.78 is 0. The van der Waals surface area contributed by atoms with Crippen LogP contribution >= 0.6 is 0 Å². The maximum atomic E-state index is 11.8. The molecule has 2 aromatic carbocycles. The summed E-state index contributed by atoms with van der Waals surface area (Å²) in [5.41, 5.74) is 3.06. The van der Waals surface area contributed by atoms with Crippen molar-refractivity contribution in [2.45, 2.75) is 6.92 Å². The molecular weight excluding hydrogens is 264 g/mol. The number of hydrogen-bond donors (Lipinski definition) is 2. The molecule has 21 heavy (non-hydrogen) atoms. The fourth-order valence-electron chi connectivity index (χ4n) is 2.15. The third kappa shape index (κ3) is 2.69. The minimum Gasteiger partial charge on any atom is -0.506 e. The lowest BCUT2D eigenvalue weighted by Crippen LogP contribution is -2.06. The van der Waals surface area contributed by atoms with E-state index in [4.69, 9.17) is 0 Å². The van der Waals surface area contributed by atoms with Gasteiger partial charge in [-0.3, -0.25) is 4.79 Å². The highest BCUT2D eigenvalue weighted by molar-refractivity contribution is 5.87. The molecule has 2 N–H and O–H groups in total. The van der Waals surface area contributed by atoms with Crippen molar-refractivity contribution >= 4 is 23.1 Å². The molecule has 3 aromatic rings. The molecule has 4 nitrogen and oxygen atoms in total. The van der Waals surface area contributed by atoms with Crippen LogP contribution in [0.25, 0.3) is 23.1 Å². The van der Waals surface area contributed by atoms with E-state index in [9.17, 15) is 9.90 Å². The van der Waals surface area contributed by atoms with Gasteiger partial charge in [0.2, 0.25) is 0 Å². The highest BCUT2D eigenvalue weighted by Crippen LogP contribution is 2.23. The number of aromatic amines is 1. The van der Waals surface area contributed by atoms with Gasteiger partial charge in [-0.05, 0) is 30.2 Å². The first kappa shape index (κ1) is 13.1. The summed E-state index contributed by atoms with van der Waals surface area (Å²) >= 11 is 0. The van der Waals surface area contributed by atoms with Gasteiger partial charge in [-0.1, -0.05) is 42.0 Å². The van der Waals surface area contributed by atoms with Crippen LogP contribution < -0.4 is 5.56 Å². The molecule has 0 saturated heterocycles. The lowest BCUT2D eigenvalue weighted by Gasteiger charge is -2.01. The van der Waals surface area contributed by atoms with Gasteiger partial charge in [0.25, 0.3) is 5.56 Å². The third-order valence-corrected chi connectivity index (χ3v) is 3.29. The normalized spacial score (nSPS) is 11.3. The number of benzene rings is 2. The summed E-state index contributed by atoms with van der Waals surface area (Å²) in [5, 5.41) is 10.3. The average Bonchev–Trinajstić information content (AvgIpc) is 2.48. The summed E-state index contributed by atoms with van der Waals surface area (Å²) in [6, 6.07) is 11.4. The van der Waals surface area contributed by atoms with Crippen molar-refractivity contribution in [3.05, 3.63) is 69.8 Å². The predicted octanol–water partition coefficient (Wildman–Crippen LogP) is 3.11. The number of aryl methyl sites for hydroxylation is 1. The number of fused-ring (bicyclic) bond motifs is 1. The largest absolute Gasteiger partial charge is 0.506 e. The molecule has 0 unspecified atom stereocenters. The fraction of sp³-hybridized carbons (Fsp3) is 0.0588. The number of H-pyrrole nitrogens is 1. The molecule has 0 atom stereocenters. The van der Waals surface area contributed by atoms with Gasteiger partial charge in [0.1, 0.15) is 11.3 Å². The molecule has 0 aliphatic rings. The Balaban J connectivity index is 2.03. The van der Waals surface area contributed by atoms with E-state index in [-0.39, 0.29) is 11.3 Å². The predicted molar refractivity (Wildman–Crippen MR) is 84.1 cm³/mol. The van der Waals surface area contributed by atoms with Crippen LogP contribution in [0, 0.1) is 6.92 Å². The topological polar surface area (TPSA) is 66.0 Å². The van der Waals surface area contributed by atoms with Crippen molar-refractivity contribution in [2.75, 3.05) is 0 Å². The first-order chi connectivity index (χ1) is 10.1. The van der Waals surface area contributed by atoms with Crippen molar-refractivity contribution < 1.29 is 5.11 Å². The molecule has 104 valence electrons. The highest BCUT2D eigenvalue weighted by Gasteiger charge is 2.05. The Bertz CT molecular complexity index is 877. The van der Waals surface area contributed by atoms with Crippen molar-refractivity contribution in [3.8, 4) is 5.75 Å². The molecule has 3 rings (SSSR count).